The number of carbonyl (C=O) groups excluding carboxylic acids is 1. The van der Waals surface area contributed by atoms with Crippen molar-refractivity contribution in [2.75, 3.05) is 11.5 Å². The molecule has 1 unspecified atom stereocenters. The molecule has 1 saturated heterocycles. The van der Waals surface area contributed by atoms with Crippen molar-refractivity contribution in [1.82, 2.24) is 0 Å². The molecule has 0 N–H and O–H groups in total. The molecule has 1 heterocycles. The SMILES string of the molecule is CCC(=O)C(C)(C)C1CCSC1. The molecule has 1 nitrogen and oxygen atoms in total. The smallest absolute Gasteiger partial charge is 0.138 e. The molecule has 0 radical (unpaired) electrons. The molecule has 0 aliphatic carbocycles. The van der Waals surface area contributed by atoms with E-state index in [1.54, 1.807) is 0 Å². The number of rotatable bonds is 3. The Morgan fingerprint density at radius 1 is 1.58 bits per heavy atom. The van der Waals surface area contributed by atoms with E-state index in [1.807, 2.05) is 18.7 Å². The predicted octanol–water partition coefficient (Wildman–Crippen LogP) is 2.74. The zero-order valence-electron chi connectivity index (χ0n) is 8.22. The van der Waals surface area contributed by atoms with E-state index < -0.39 is 0 Å². The second kappa shape index (κ2) is 3.82. The molecule has 0 aromatic heterocycles. The van der Waals surface area contributed by atoms with Gasteiger partial charge in [0.15, 0.2) is 0 Å². The van der Waals surface area contributed by atoms with Crippen LogP contribution in [0.5, 0.6) is 0 Å². The highest BCUT2D eigenvalue weighted by atomic mass is 32.2. The largest absolute Gasteiger partial charge is 0.299 e. The summed E-state index contributed by atoms with van der Waals surface area (Å²) in [5.41, 5.74) is -0.0712. The number of hydrogen-bond donors (Lipinski definition) is 0. The second-order valence-corrected chi connectivity index (χ2v) is 5.21. The summed E-state index contributed by atoms with van der Waals surface area (Å²) in [6.07, 6.45) is 1.91. The molecule has 1 atom stereocenters. The molecule has 12 heavy (non-hydrogen) atoms. The summed E-state index contributed by atoms with van der Waals surface area (Å²) in [6.45, 7) is 6.18. The first kappa shape index (κ1) is 10.1. The van der Waals surface area contributed by atoms with Crippen LogP contribution in [0.25, 0.3) is 0 Å². The third-order valence-corrected chi connectivity index (χ3v) is 4.15. The molecule has 1 aliphatic heterocycles. The Balaban J connectivity index is 2.62. The zero-order valence-corrected chi connectivity index (χ0v) is 9.04. The first-order valence-electron chi connectivity index (χ1n) is 4.70. The molecule has 70 valence electrons. The highest BCUT2D eigenvalue weighted by Gasteiger charge is 2.36. The Hall–Kier alpha value is 0.0200. The molecular formula is C10H18OS. The van der Waals surface area contributed by atoms with E-state index in [1.165, 1.54) is 17.9 Å². The van der Waals surface area contributed by atoms with E-state index in [0.29, 0.717) is 18.1 Å². The van der Waals surface area contributed by atoms with E-state index >= 15 is 0 Å². The minimum atomic E-state index is -0.0712. The van der Waals surface area contributed by atoms with Gasteiger partial charge in [-0.1, -0.05) is 20.8 Å². The maximum Gasteiger partial charge on any atom is 0.138 e. The van der Waals surface area contributed by atoms with Crippen molar-refractivity contribution in [3.8, 4) is 0 Å². The van der Waals surface area contributed by atoms with Gasteiger partial charge in [0, 0.05) is 11.8 Å². The average Bonchev–Trinajstić information content (AvgIpc) is 2.55. The van der Waals surface area contributed by atoms with Gasteiger partial charge in [0.25, 0.3) is 0 Å². The lowest BCUT2D eigenvalue weighted by atomic mass is 9.74. The second-order valence-electron chi connectivity index (χ2n) is 4.06. The Morgan fingerprint density at radius 3 is 2.67 bits per heavy atom. The van der Waals surface area contributed by atoms with Gasteiger partial charge in [-0.25, -0.2) is 0 Å². The van der Waals surface area contributed by atoms with E-state index in [4.69, 9.17) is 0 Å². The summed E-state index contributed by atoms with van der Waals surface area (Å²) in [5.74, 6) is 3.47. The summed E-state index contributed by atoms with van der Waals surface area (Å²) >= 11 is 1.98. The number of ketones is 1. The van der Waals surface area contributed by atoms with Crippen LogP contribution in [0.1, 0.15) is 33.6 Å². The summed E-state index contributed by atoms with van der Waals surface area (Å²) in [7, 11) is 0. The Labute approximate surface area is 79.3 Å². The van der Waals surface area contributed by atoms with Crippen molar-refractivity contribution in [2.45, 2.75) is 33.6 Å². The predicted molar refractivity (Wildman–Crippen MR) is 54.5 cm³/mol. The van der Waals surface area contributed by atoms with Crippen molar-refractivity contribution in [3.05, 3.63) is 0 Å². The maximum atomic E-state index is 11.6. The van der Waals surface area contributed by atoms with Gasteiger partial charge in [-0.2, -0.15) is 11.8 Å². The summed E-state index contributed by atoms with van der Waals surface area (Å²) in [4.78, 5) is 11.6. The molecule has 0 aromatic carbocycles. The quantitative estimate of drug-likeness (QED) is 0.674. The van der Waals surface area contributed by atoms with Crippen LogP contribution < -0.4 is 0 Å². The molecule has 0 bridgehead atoms. The Kier molecular flexibility index (Phi) is 3.22. The van der Waals surface area contributed by atoms with Gasteiger partial charge < -0.3 is 0 Å². The molecule has 1 rings (SSSR count). The normalized spacial score (nSPS) is 24.4. The monoisotopic (exact) mass is 186 g/mol. The van der Waals surface area contributed by atoms with Crippen LogP contribution in [-0.2, 0) is 4.79 Å². The highest BCUT2D eigenvalue weighted by molar-refractivity contribution is 7.99. The van der Waals surface area contributed by atoms with Gasteiger partial charge in [-0.3, -0.25) is 4.79 Å². The molecule has 0 saturated carbocycles. The van der Waals surface area contributed by atoms with E-state index in [-0.39, 0.29) is 5.41 Å². The van der Waals surface area contributed by atoms with Crippen LogP contribution in [0.15, 0.2) is 0 Å². The van der Waals surface area contributed by atoms with Crippen LogP contribution in [-0.4, -0.2) is 17.3 Å². The third kappa shape index (κ3) is 1.85. The van der Waals surface area contributed by atoms with E-state index in [2.05, 4.69) is 13.8 Å². The molecule has 0 amide bonds. The van der Waals surface area contributed by atoms with Gasteiger partial charge in [-0.05, 0) is 23.8 Å². The number of carbonyl (C=O) groups is 1. The first-order chi connectivity index (χ1) is 5.59. The van der Waals surface area contributed by atoms with Gasteiger partial charge in [-0.15, -0.1) is 0 Å². The fourth-order valence-corrected chi connectivity index (χ4v) is 3.27. The van der Waals surface area contributed by atoms with E-state index in [9.17, 15) is 4.79 Å². The molecule has 1 aliphatic rings. The zero-order chi connectivity index (χ0) is 9.19. The number of thioether (sulfide) groups is 1. The fraction of sp³-hybridized carbons (Fsp3) is 0.900. The van der Waals surface area contributed by atoms with Gasteiger partial charge in [0.05, 0.1) is 0 Å². The molecule has 2 heteroatoms. The minimum absolute atomic E-state index is 0.0712. The lowest BCUT2D eigenvalue weighted by Gasteiger charge is -2.29. The highest BCUT2D eigenvalue weighted by Crippen LogP contribution is 2.39. The topological polar surface area (TPSA) is 17.1 Å². The van der Waals surface area contributed by atoms with Crippen molar-refractivity contribution >= 4 is 17.5 Å². The van der Waals surface area contributed by atoms with Gasteiger partial charge in [0.2, 0.25) is 0 Å². The summed E-state index contributed by atoms with van der Waals surface area (Å²) in [5, 5.41) is 0. The van der Waals surface area contributed by atoms with Crippen LogP contribution >= 0.6 is 11.8 Å². The summed E-state index contributed by atoms with van der Waals surface area (Å²) < 4.78 is 0. The third-order valence-electron chi connectivity index (χ3n) is 2.99. The van der Waals surface area contributed by atoms with Gasteiger partial charge in [0.1, 0.15) is 5.78 Å². The van der Waals surface area contributed by atoms with Crippen LogP contribution in [0, 0.1) is 11.3 Å². The van der Waals surface area contributed by atoms with E-state index in [0.717, 1.165) is 0 Å². The number of hydrogen-bond acceptors (Lipinski definition) is 2. The van der Waals surface area contributed by atoms with Crippen molar-refractivity contribution in [2.24, 2.45) is 11.3 Å². The molecule has 0 aromatic rings. The first-order valence-corrected chi connectivity index (χ1v) is 5.85. The molecule has 0 spiro atoms. The fourth-order valence-electron chi connectivity index (χ4n) is 1.79. The lowest BCUT2D eigenvalue weighted by molar-refractivity contribution is -0.129. The van der Waals surface area contributed by atoms with Crippen molar-refractivity contribution in [3.63, 3.8) is 0 Å². The van der Waals surface area contributed by atoms with Crippen LogP contribution in [0.2, 0.25) is 0 Å². The standard InChI is InChI=1S/C10H18OS/c1-4-9(11)10(2,3)8-5-6-12-7-8/h8H,4-7H2,1-3H3. The minimum Gasteiger partial charge on any atom is -0.299 e. The lowest BCUT2D eigenvalue weighted by Crippen LogP contribution is -2.32. The Bertz CT molecular complexity index is 169. The van der Waals surface area contributed by atoms with Crippen molar-refractivity contribution in [1.29, 1.82) is 0 Å². The van der Waals surface area contributed by atoms with Crippen molar-refractivity contribution < 1.29 is 4.79 Å². The maximum absolute atomic E-state index is 11.6. The molecular weight excluding hydrogens is 168 g/mol. The summed E-state index contributed by atoms with van der Waals surface area (Å²) in [6, 6.07) is 0. The van der Waals surface area contributed by atoms with Crippen LogP contribution in [0.4, 0.5) is 0 Å². The van der Waals surface area contributed by atoms with Crippen LogP contribution in [0.3, 0.4) is 0 Å². The Morgan fingerprint density at radius 2 is 2.25 bits per heavy atom. The molecule has 1 fully saturated rings. The average molecular weight is 186 g/mol. The van der Waals surface area contributed by atoms with Gasteiger partial charge >= 0.3 is 0 Å². The number of Topliss-reactive ketones (excluding diaryl/α,β-unsaturated/α-hetero) is 1.